The summed E-state index contributed by atoms with van der Waals surface area (Å²) in [5.74, 6) is 0. The van der Waals surface area contributed by atoms with Crippen molar-refractivity contribution in [1.29, 1.82) is 0 Å². The van der Waals surface area contributed by atoms with Gasteiger partial charge in [-0.05, 0) is 213 Å². The van der Waals surface area contributed by atoms with Crippen LogP contribution < -0.4 is 10.6 Å². The van der Waals surface area contributed by atoms with E-state index in [-0.39, 0.29) is 0 Å². The van der Waals surface area contributed by atoms with Gasteiger partial charge in [0.05, 0.1) is 16.5 Å². The summed E-state index contributed by atoms with van der Waals surface area (Å²) in [5.41, 5.74) is 28.7. The Bertz CT molecular complexity index is 7140. The van der Waals surface area contributed by atoms with Crippen LogP contribution in [0.1, 0.15) is 44.5 Å². The third kappa shape index (κ3) is 9.51. The predicted molar refractivity (Wildman–Crippen MR) is 469 cm³/mol. The predicted octanol–water partition coefficient (Wildman–Crippen LogP) is 27.1. The number of pyridine rings is 1. The maximum Gasteiger partial charge on any atom is 0.135 e. The molecule has 25 rings (SSSR count). The summed E-state index contributed by atoms with van der Waals surface area (Å²) in [6.45, 7) is 7.49. The van der Waals surface area contributed by atoms with E-state index in [1.807, 2.05) is 72.9 Å². The molecule has 0 aliphatic heterocycles. The minimum absolute atomic E-state index is 0.410. The van der Waals surface area contributed by atoms with E-state index in [9.17, 15) is 0 Å². The second-order valence-corrected chi connectivity index (χ2v) is 29.8. The van der Waals surface area contributed by atoms with Gasteiger partial charge in [0.2, 0.25) is 0 Å². The van der Waals surface area contributed by atoms with Crippen molar-refractivity contribution in [3.63, 3.8) is 0 Å². The van der Waals surface area contributed by atoms with Crippen LogP contribution in [-0.2, 0) is 10.8 Å². The molecule has 18 aromatic carbocycles. The van der Waals surface area contributed by atoms with Crippen LogP contribution in [0.2, 0.25) is 0 Å². The van der Waals surface area contributed by atoms with Crippen molar-refractivity contribution in [3.8, 4) is 66.9 Å². The molecule has 2 spiro atoms. The highest BCUT2D eigenvalue weighted by Gasteiger charge is 2.52. The highest BCUT2D eigenvalue weighted by Crippen LogP contribution is 2.64. The van der Waals surface area contributed by atoms with Crippen molar-refractivity contribution in [2.24, 2.45) is 0 Å². The summed E-state index contributed by atoms with van der Waals surface area (Å²) >= 11 is 0. The molecule has 2 atom stereocenters. The van der Waals surface area contributed by atoms with Crippen molar-refractivity contribution in [2.45, 2.75) is 10.8 Å². The normalized spacial score (nSPS) is 15.0. The Morgan fingerprint density at radius 3 is 1.08 bits per heavy atom. The fourth-order valence-corrected chi connectivity index (χ4v) is 19.8. The van der Waals surface area contributed by atoms with E-state index in [1.165, 1.54) is 181 Å². The molecule has 0 radical (unpaired) electrons. The van der Waals surface area contributed by atoms with Crippen LogP contribution in [-0.4, -0.2) is 4.98 Å². The minimum Gasteiger partial charge on any atom is -0.457 e. The first-order valence-electron chi connectivity index (χ1n) is 38.5. The summed E-state index contributed by atoms with van der Waals surface area (Å²) in [6.07, 6.45) is 5.59. The van der Waals surface area contributed by atoms with Crippen LogP contribution in [0.15, 0.2) is 404 Å². The summed E-state index contributed by atoms with van der Waals surface area (Å²) < 4.78 is 11.1. The van der Waals surface area contributed by atoms with E-state index in [2.05, 4.69) is 329 Å². The molecule has 0 fully saturated rings. The zero-order valence-corrected chi connectivity index (χ0v) is 61.2. The first-order chi connectivity index (χ1) is 55.4. The van der Waals surface area contributed by atoms with Gasteiger partial charge in [-0.1, -0.05) is 353 Å². The number of furan rings is 2. The summed E-state index contributed by atoms with van der Waals surface area (Å²) in [7, 11) is 0. The second kappa shape index (κ2) is 25.6. The van der Waals surface area contributed by atoms with Crippen LogP contribution in [0.25, 0.3) is 177 Å². The molecule has 0 saturated carbocycles. The quantitative estimate of drug-likeness (QED) is 0.166. The highest BCUT2D eigenvalue weighted by atomic mass is 16.3. The average Bonchev–Trinajstić information content (AvgIpc) is 1.54. The van der Waals surface area contributed by atoms with Gasteiger partial charge in [-0.25, -0.2) is 0 Å². The average molecular weight is 1420 g/mol. The van der Waals surface area contributed by atoms with Crippen LogP contribution >= 0.6 is 0 Å². The number of allylic oxidation sites excluding steroid dienone is 1. The first-order valence-corrected chi connectivity index (χ1v) is 38.5. The van der Waals surface area contributed by atoms with E-state index in [4.69, 9.17) is 13.8 Å². The number of nitrogens with zero attached hydrogens (tertiary/aromatic N) is 1. The molecule has 3 aromatic heterocycles. The second-order valence-electron chi connectivity index (χ2n) is 29.8. The Kier molecular flexibility index (Phi) is 14.8. The zero-order valence-electron chi connectivity index (χ0n) is 61.2. The van der Waals surface area contributed by atoms with Gasteiger partial charge in [0.25, 0.3) is 0 Å². The Balaban J connectivity index is 0.000000104. The lowest BCUT2D eigenvalue weighted by Gasteiger charge is -2.40. The molecular weight excluding hydrogens is 1360 g/mol. The Morgan fingerprint density at radius 1 is 0.259 bits per heavy atom. The topological polar surface area (TPSA) is 39.2 Å². The summed E-state index contributed by atoms with van der Waals surface area (Å²) in [6, 6.07) is 137. The number of rotatable bonds is 3. The van der Waals surface area contributed by atoms with Crippen LogP contribution in [0.4, 0.5) is 0 Å². The van der Waals surface area contributed by atoms with E-state index < -0.39 is 10.8 Å². The lowest BCUT2D eigenvalue weighted by atomic mass is 9.61. The Morgan fingerprint density at radius 2 is 0.598 bits per heavy atom. The standard InChI is InChI=1S/C43H26.C42H25N.C12H8O.C12H10O/c1-3-15-31-28(11-1)25-29-12-2-4-16-32(29)41(31)30-23-24-35-33-17-5-7-20-37(33)43(40(35)26-30)38-21-8-6-18-34(38)36-19-9-13-27-14-10-22-39(43)42(27)36;1-3-14-30-27(10-1)24-28-11-2-4-15-31(28)39(30)29-21-22-34-38(25-29)42(37-20-9-23-43-41(34)37)35-18-6-5-16-32(35)33-17-7-12-26-13-8-19-36(42)40(26)33;1-3-7-11-9(5-1)10-6-2-4-8-12(10)13-11;1-3-6-10-9(2)13-12-8-5-4-7-11(10)12/h1-26H;1-25H;1-8H;3-8H,1-2H2/b;;;10-6+. The Hall–Kier alpha value is -14.5. The van der Waals surface area contributed by atoms with Gasteiger partial charge < -0.3 is 8.83 Å². The number of benzene rings is 18. The van der Waals surface area contributed by atoms with E-state index in [0.29, 0.717) is 5.42 Å². The van der Waals surface area contributed by atoms with E-state index in [1.54, 1.807) is 6.08 Å². The number of fused-ring (bicyclic) bond motifs is 26. The van der Waals surface area contributed by atoms with Gasteiger partial charge in [0.15, 0.2) is 0 Å². The number of aromatic nitrogens is 1. The van der Waals surface area contributed by atoms with Gasteiger partial charge in [0, 0.05) is 33.1 Å². The van der Waals surface area contributed by atoms with Gasteiger partial charge in [0.1, 0.15) is 22.2 Å². The molecule has 3 heterocycles. The van der Waals surface area contributed by atoms with E-state index >= 15 is 0 Å². The van der Waals surface area contributed by atoms with Gasteiger partial charge in [-0.2, -0.15) is 0 Å². The largest absolute Gasteiger partial charge is 0.457 e. The fourth-order valence-electron chi connectivity index (χ4n) is 19.8. The highest BCUT2D eigenvalue weighted by molar-refractivity contribution is 6.16. The molecule has 0 bridgehead atoms. The first kappa shape index (κ1) is 64.6. The smallest absolute Gasteiger partial charge is 0.135 e. The lowest BCUT2D eigenvalue weighted by Crippen LogP contribution is -2.31. The molecule has 0 N–H and O–H groups in total. The van der Waals surface area contributed by atoms with Gasteiger partial charge in [-0.15, -0.1) is 0 Å². The third-order valence-electron chi connectivity index (χ3n) is 24.2. The minimum atomic E-state index is -0.472. The molecule has 3 heteroatoms. The van der Waals surface area contributed by atoms with Crippen molar-refractivity contribution in [3.05, 3.63) is 450 Å². The molecule has 4 aliphatic rings. The van der Waals surface area contributed by atoms with Crippen LogP contribution in [0, 0.1) is 0 Å². The Labute approximate surface area is 647 Å². The van der Waals surface area contributed by atoms with Gasteiger partial charge in [-0.3, -0.25) is 4.98 Å². The van der Waals surface area contributed by atoms with Crippen LogP contribution in [0.3, 0.4) is 0 Å². The molecule has 2 unspecified atom stereocenters. The maximum absolute atomic E-state index is 5.65. The van der Waals surface area contributed by atoms with Crippen molar-refractivity contribution in [1.82, 2.24) is 4.98 Å². The summed E-state index contributed by atoms with van der Waals surface area (Å²) in [5, 5.41) is 20.0. The van der Waals surface area contributed by atoms with Crippen LogP contribution in [0.5, 0.6) is 0 Å². The summed E-state index contributed by atoms with van der Waals surface area (Å²) in [4.78, 5) is 5.05. The SMILES string of the molecule is C=C/C=c1\c(=C)oc2ccccc12.c1ccc2c(c1)-c1ccc(-c3c4ccccc4cc4ccccc34)cc1C21c2ccccc2-c2cccc3cccc1c23.c1ccc2c(c1)-c1cccc3cccc(c13)C21c2cc(-c3c4ccccc4cc4ccccc34)ccc2-c2ncccc21.c1ccc2c(c1)oc1ccccc12. The van der Waals surface area contributed by atoms with E-state index in [0.717, 1.165) is 33.0 Å². The maximum atomic E-state index is 5.65. The monoisotopic (exact) mass is 1420 g/mol. The molecule has 522 valence electrons. The van der Waals surface area contributed by atoms with Crippen molar-refractivity contribution < 1.29 is 8.83 Å². The molecule has 4 aliphatic carbocycles. The zero-order chi connectivity index (χ0) is 74.2. The molecule has 0 amide bonds. The fraction of sp³-hybridized carbons (Fsp3) is 0.0183. The molecule has 0 saturated heterocycles. The number of para-hydroxylation sites is 3. The molecular formula is C109H69NO2. The number of hydrogen-bond donors (Lipinski definition) is 0. The molecule has 112 heavy (non-hydrogen) atoms. The third-order valence-corrected chi connectivity index (χ3v) is 24.2. The van der Waals surface area contributed by atoms with Crippen molar-refractivity contribution >= 4 is 110 Å². The van der Waals surface area contributed by atoms with Gasteiger partial charge >= 0.3 is 0 Å². The molecule has 3 nitrogen and oxygen atoms in total. The lowest BCUT2D eigenvalue weighted by molar-refractivity contribution is 0.577. The number of hydrogen-bond acceptors (Lipinski definition) is 3. The molecule has 21 aromatic rings. The van der Waals surface area contributed by atoms with Crippen molar-refractivity contribution in [2.75, 3.05) is 0 Å².